The van der Waals surface area contributed by atoms with E-state index in [1.807, 2.05) is 30.3 Å². The predicted molar refractivity (Wildman–Crippen MR) is 148 cm³/mol. The Morgan fingerprint density at radius 3 is 2.31 bits per heavy atom. The smallest absolute Gasteiger partial charge is 0.304 e. The Morgan fingerprint density at radius 1 is 1.00 bits per heavy atom. The van der Waals surface area contributed by atoms with Gasteiger partial charge in [0.25, 0.3) is 5.91 Å². The summed E-state index contributed by atoms with van der Waals surface area (Å²) in [5.41, 5.74) is 8.25. The first-order valence-electron chi connectivity index (χ1n) is 12.8. The Labute approximate surface area is 227 Å². The van der Waals surface area contributed by atoms with Gasteiger partial charge in [-0.15, -0.1) is 0 Å². The zero-order chi connectivity index (χ0) is 27.8. The van der Waals surface area contributed by atoms with Crippen LogP contribution in [0.2, 0.25) is 0 Å². The number of carbonyl (C=O) groups is 3. The summed E-state index contributed by atoms with van der Waals surface area (Å²) in [6, 6.07) is 23.2. The minimum Gasteiger partial charge on any atom is -0.491 e. The van der Waals surface area contributed by atoms with Crippen molar-refractivity contribution in [1.82, 2.24) is 4.90 Å². The number of rotatable bonds is 12. The highest BCUT2D eigenvalue weighted by Crippen LogP contribution is 2.29. The van der Waals surface area contributed by atoms with Gasteiger partial charge in [0.2, 0.25) is 5.91 Å². The number of aliphatic carboxylic acids is 1. The standard InChI is InChI=1S/C30H32N4O5/c31-28(32)21-8-12-24(13-9-21)33-29(37)22-10-14-26(15-11-22)39-19-25-17-23(18-27(35)36)30(38)34(25)16-4-7-20-5-2-1-3-6-20/h1-3,5-6,8-15,23,25H,4,7,16-19H2,(H3,31,32)(H,33,37)(H,35,36)/t23-,25-/m0/s1. The van der Waals surface area contributed by atoms with Crippen molar-refractivity contribution in [3.05, 3.63) is 95.6 Å². The van der Waals surface area contributed by atoms with E-state index in [0.29, 0.717) is 35.5 Å². The molecule has 39 heavy (non-hydrogen) atoms. The monoisotopic (exact) mass is 528 g/mol. The van der Waals surface area contributed by atoms with Crippen LogP contribution in [0.15, 0.2) is 78.9 Å². The number of hydrogen-bond acceptors (Lipinski definition) is 5. The average Bonchev–Trinajstić information content (AvgIpc) is 3.22. The molecule has 2 atom stereocenters. The number of ether oxygens (including phenoxy) is 1. The Kier molecular flexibility index (Phi) is 8.94. The Morgan fingerprint density at radius 2 is 1.67 bits per heavy atom. The molecule has 4 rings (SSSR count). The minimum atomic E-state index is -0.984. The number of aryl methyl sites for hydroxylation is 1. The number of anilines is 1. The molecule has 3 aromatic carbocycles. The summed E-state index contributed by atoms with van der Waals surface area (Å²) >= 11 is 0. The van der Waals surface area contributed by atoms with Crippen LogP contribution in [0.25, 0.3) is 0 Å². The lowest BCUT2D eigenvalue weighted by atomic mass is 10.0. The molecule has 1 heterocycles. The minimum absolute atomic E-state index is 0.0434. The number of likely N-dealkylation sites (tertiary alicyclic amines) is 1. The second-order valence-corrected chi connectivity index (χ2v) is 9.59. The van der Waals surface area contributed by atoms with Crippen LogP contribution < -0.4 is 15.8 Å². The maximum atomic E-state index is 13.0. The molecule has 1 saturated heterocycles. The summed E-state index contributed by atoms with van der Waals surface area (Å²) in [4.78, 5) is 38.6. The third-order valence-corrected chi connectivity index (χ3v) is 6.77. The van der Waals surface area contributed by atoms with E-state index in [1.54, 1.807) is 53.4 Å². The van der Waals surface area contributed by atoms with Gasteiger partial charge in [0.15, 0.2) is 0 Å². The second kappa shape index (κ2) is 12.7. The average molecular weight is 529 g/mol. The van der Waals surface area contributed by atoms with E-state index in [0.717, 1.165) is 12.8 Å². The number of carboxylic acids is 1. The van der Waals surface area contributed by atoms with E-state index in [9.17, 15) is 19.5 Å². The maximum absolute atomic E-state index is 13.0. The molecule has 1 fully saturated rings. The zero-order valence-electron chi connectivity index (χ0n) is 21.5. The largest absolute Gasteiger partial charge is 0.491 e. The van der Waals surface area contributed by atoms with Crippen molar-refractivity contribution in [2.75, 3.05) is 18.5 Å². The van der Waals surface area contributed by atoms with Gasteiger partial charge in [0.1, 0.15) is 18.2 Å². The zero-order valence-corrected chi connectivity index (χ0v) is 21.5. The predicted octanol–water partition coefficient (Wildman–Crippen LogP) is 3.93. The van der Waals surface area contributed by atoms with Crippen LogP contribution in [-0.2, 0) is 16.0 Å². The summed E-state index contributed by atoms with van der Waals surface area (Å²) in [5.74, 6) is -1.46. The summed E-state index contributed by atoms with van der Waals surface area (Å²) in [5, 5.41) is 19.5. The third kappa shape index (κ3) is 7.44. The molecule has 5 N–H and O–H groups in total. The molecule has 1 aliphatic rings. The van der Waals surface area contributed by atoms with Gasteiger partial charge in [0.05, 0.1) is 18.4 Å². The van der Waals surface area contributed by atoms with Crippen molar-refractivity contribution < 1.29 is 24.2 Å². The Bertz CT molecular complexity index is 1310. The van der Waals surface area contributed by atoms with Crippen molar-refractivity contribution in [1.29, 1.82) is 5.41 Å². The molecule has 0 unspecified atom stereocenters. The fourth-order valence-electron chi connectivity index (χ4n) is 4.73. The van der Waals surface area contributed by atoms with Crippen molar-refractivity contribution in [3.63, 3.8) is 0 Å². The van der Waals surface area contributed by atoms with Gasteiger partial charge in [-0.2, -0.15) is 0 Å². The SMILES string of the molecule is N=C(N)c1ccc(NC(=O)c2ccc(OC[C@@H]3C[C@@H](CC(=O)O)C(=O)N3CCCc3ccccc3)cc2)cc1. The van der Waals surface area contributed by atoms with Gasteiger partial charge in [-0.1, -0.05) is 30.3 Å². The number of carboxylic acid groups (broad SMARTS) is 1. The number of nitrogens with two attached hydrogens (primary N) is 1. The molecule has 9 nitrogen and oxygen atoms in total. The summed E-state index contributed by atoms with van der Waals surface area (Å²) in [6.45, 7) is 0.769. The molecular weight excluding hydrogens is 496 g/mol. The summed E-state index contributed by atoms with van der Waals surface area (Å²) in [7, 11) is 0. The molecule has 0 spiro atoms. The molecule has 202 valence electrons. The van der Waals surface area contributed by atoms with Crippen LogP contribution in [0.3, 0.4) is 0 Å². The molecule has 0 aromatic heterocycles. The molecular formula is C30H32N4O5. The van der Waals surface area contributed by atoms with E-state index >= 15 is 0 Å². The lowest BCUT2D eigenvalue weighted by molar-refractivity contribution is -0.142. The molecule has 0 saturated carbocycles. The maximum Gasteiger partial charge on any atom is 0.304 e. The summed E-state index contributed by atoms with van der Waals surface area (Å²) in [6.07, 6.45) is 1.84. The molecule has 1 aliphatic heterocycles. The van der Waals surface area contributed by atoms with Crippen LogP contribution in [0.1, 0.15) is 40.7 Å². The number of benzene rings is 3. The summed E-state index contributed by atoms with van der Waals surface area (Å²) < 4.78 is 5.97. The van der Waals surface area contributed by atoms with E-state index in [1.165, 1.54) is 5.56 Å². The first-order chi connectivity index (χ1) is 18.8. The topological polar surface area (TPSA) is 146 Å². The molecule has 2 amide bonds. The van der Waals surface area contributed by atoms with E-state index in [2.05, 4.69) is 5.32 Å². The third-order valence-electron chi connectivity index (χ3n) is 6.77. The van der Waals surface area contributed by atoms with Gasteiger partial charge >= 0.3 is 5.97 Å². The van der Waals surface area contributed by atoms with Crippen molar-refractivity contribution in [3.8, 4) is 5.75 Å². The highest BCUT2D eigenvalue weighted by atomic mass is 16.5. The van der Waals surface area contributed by atoms with Crippen molar-refractivity contribution in [2.45, 2.75) is 31.7 Å². The Hall–Kier alpha value is -4.66. The van der Waals surface area contributed by atoms with Gasteiger partial charge < -0.3 is 25.8 Å². The van der Waals surface area contributed by atoms with Gasteiger partial charge in [0, 0.05) is 23.4 Å². The van der Waals surface area contributed by atoms with Crippen LogP contribution in [-0.4, -0.2) is 52.8 Å². The lowest BCUT2D eigenvalue weighted by Gasteiger charge is -2.25. The highest BCUT2D eigenvalue weighted by Gasteiger charge is 2.40. The van der Waals surface area contributed by atoms with Crippen LogP contribution in [0, 0.1) is 11.3 Å². The van der Waals surface area contributed by atoms with Gasteiger partial charge in [-0.25, -0.2) is 0 Å². The lowest BCUT2D eigenvalue weighted by Crippen LogP contribution is -2.38. The number of nitrogen functional groups attached to an aromatic ring is 1. The molecule has 0 aliphatic carbocycles. The highest BCUT2D eigenvalue weighted by molar-refractivity contribution is 6.04. The number of nitrogens with one attached hydrogen (secondary N) is 2. The molecule has 0 bridgehead atoms. The first kappa shape index (κ1) is 27.4. The normalized spacial score (nSPS) is 16.6. The number of hydrogen-bond donors (Lipinski definition) is 4. The molecule has 3 aromatic rings. The van der Waals surface area contributed by atoms with Crippen molar-refractivity contribution >= 4 is 29.3 Å². The van der Waals surface area contributed by atoms with E-state index in [4.69, 9.17) is 15.9 Å². The van der Waals surface area contributed by atoms with Crippen LogP contribution >= 0.6 is 0 Å². The Balaban J connectivity index is 1.33. The van der Waals surface area contributed by atoms with Crippen molar-refractivity contribution in [2.24, 2.45) is 11.7 Å². The number of nitrogens with zero attached hydrogens (tertiary/aromatic N) is 1. The molecule has 9 heteroatoms. The quantitative estimate of drug-likeness (QED) is 0.207. The van der Waals surface area contributed by atoms with Crippen LogP contribution in [0.5, 0.6) is 5.75 Å². The number of amides is 2. The fourth-order valence-corrected chi connectivity index (χ4v) is 4.73. The number of amidine groups is 1. The van der Waals surface area contributed by atoms with E-state index in [-0.39, 0.29) is 36.7 Å². The van der Waals surface area contributed by atoms with Gasteiger partial charge in [-0.3, -0.25) is 19.8 Å². The number of carbonyl (C=O) groups excluding carboxylic acids is 2. The molecule has 0 radical (unpaired) electrons. The van der Waals surface area contributed by atoms with Gasteiger partial charge in [-0.05, 0) is 73.4 Å². The van der Waals surface area contributed by atoms with E-state index < -0.39 is 11.9 Å². The van der Waals surface area contributed by atoms with Crippen LogP contribution in [0.4, 0.5) is 5.69 Å². The second-order valence-electron chi connectivity index (χ2n) is 9.59. The fraction of sp³-hybridized carbons (Fsp3) is 0.267. The first-order valence-corrected chi connectivity index (χ1v) is 12.8.